The first kappa shape index (κ1) is 15.6. The van der Waals surface area contributed by atoms with E-state index in [2.05, 4.69) is 21.2 Å². The molecule has 1 unspecified atom stereocenters. The van der Waals surface area contributed by atoms with E-state index in [1.807, 2.05) is 43.3 Å². The number of hydrogen-bond donors (Lipinski definition) is 2. The molecule has 0 bridgehead atoms. The van der Waals surface area contributed by atoms with Gasteiger partial charge in [0.05, 0.1) is 17.2 Å². The Hall–Kier alpha value is -0.740. The minimum atomic E-state index is -0.599. The number of rotatable bonds is 4. The van der Waals surface area contributed by atoms with Crippen LogP contribution in [0.25, 0.3) is 0 Å². The second kappa shape index (κ2) is 6.35. The zero-order chi connectivity index (χ0) is 14.8. The molecule has 20 heavy (non-hydrogen) atoms. The van der Waals surface area contributed by atoms with Gasteiger partial charge in [-0.1, -0.05) is 35.3 Å². The average Bonchev–Trinajstić information content (AvgIpc) is 2.43. The second-order valence-electron chi connectivity index (χ2n) is 4.75. The van der Waals surface area contributed by atoms with Crippen LogP contribution in [0.5, 0.6) is 0 Å². The molecule has 0 aliphatic rings. The van der Waals surface area contributed by atoms with Gasteiger partial charge in [-0.25, -0.2) is 0 Å². The lowest BCUT2D eigenvalue weighted by atomic mass is 9.92. The molecule has 1 atom stereocenters. The van der Waals surface area contributed by atoms with E-state index in [1.54, 1.807) is 6.07 Å². The largest absolute Gasteiger partial charge is 0.394 e. The van der Waals surface area contributed by atoms with Crippen molar-refractivity contribution >= 4 is 44.8 Å². The number of hydrogen-bond acceptors (Lipinski definition) is 2. The highest BCUT2D eigenvalue weighted by molar-refractivity contribution is 9.10. The number of benzene rings is 2. The lowest BCUT2D eigenvalue weighted by Crippen LogP contribution is -2.35. The Bertz CT molecular complexity index is 603. The molecule has 106 valence electrons. The molecular weight excluding hydrogens is 361 g/mol. The zero-order valence-electron chi connectivity index (χ0n) is 10.8. The molecule has 0 spiro atoms. The summed E-state index contributed by atoms with van der Waals surface area (Å²) in [7, 11) is 0. The van der Waals surface area contributed by atoms with E-state index >= 15 is 0 Å². The summed E-state index contributed by atoms with van der Waals surface area (Å²) in [5.41, 5.74) is 1.22. The van der Waals surface area contributed by atoms with Gasteiger partial charge in [0.15, 0.2) is 0 Å². The van der Waals surface area contributed by atoms with Gasteiger partial charge in [-0.2, -0.15) is 0 Å². The third-order valence-corrected chi connectivity index (χ3v) is 4.60. The molecule has 0 aliphatic carbocycles. The molecule has 0 amide bonds. The monoisotopic (exact) mass is 373 g/mol. The van der Waals surface area contributed by atoms with Crippen LogP contribution >= 0.6 is 39.1 Å². The van der Waals surface area contributed by atoms with E-state index in [0.717, 1.165) is 15.7 Å². The third-order valence-electron chi connectivity index (χ3n) is 3.14. The first-order chi connectivity index (χ1) is 9.44. The van der Waals surface area contributed by atoms with Crippen molar-refractivity contribution < 1.29 is 5.11 Å². The highest BCUT2D eigenvalue weighted by Gasteiger charge is 2.25. The molecule has 0 saturated heterocycles. The summed E-state index contributed by atoms with van der Waals surface area (Å²) in [6.45, 7) is 1.88. The number of nitrogens with one attached hydrogen (secondary N) is 1. The molecule has 0 heterocycles. The van der Waals surface area contributed by atoms with E-state index < -0.39 is 5.54 Å². The van der Waals surface area contributed by atoms with Crippen LogP contribution in [0.4, 0.5) is 5.69 Å². The van der Waals surface area contributed by atoms with Crippen LogP contribution in [-0.4, -0.2) is 11.7 Å². The second-order valence-corrected chi connectivity index (χ2v) is 6.45. The fourth-order valence-electron chi connectivity index (χ4n) is 1.91. The van der Waals surface area contributed by atoms with Crippen LogP contribution in [0.1, 0.15) is 12.5 Å². The number of aliphatic hydroxyl groups excluding tert-OH is 1. The molecule has 0 radical (unpaired) electrons. The van der Waals surface area contributed by atoms with Gasteiger partial charge < -0.3 is 10.4 Å². The summed E-state index contributed by atoms with van der Waals surface area (Å²) in [6, 6.07) is 13.0. The summed E-state index contributed by atoms with van der Waals surface area (Å²) in [4.78, 5) is 0. The van der Waals surface area contributed by atoms with Gasteiger partial charge in [0.1, 0.15) is 0 Å². The van der Waals surface area contributed by atoms with Crippen molar-refractivity contribution in [3.63, 3.8) is 0 Å². The lowest BCUT2D eigenvalue weighted by Gasteiger charge is -2.30. The van der Waals surface area contributed by atoms with Gasteiger partial charge in [-0.15, -0.1) is 0 Å². The Labute approximate surface area is 136 Å². The molecule has 0 aliphatic heterocycles. The topological polar surface area (TPSA) is 32.3 Å². The molecular formula is C15H14BrCl2NO. The summed E-state index contributed by atoms with van der Waals surface area (Å²) in [6.07, 6.45) is 0. The number of aliphatic hydroxyl groups is 1. The number of halogens is 3. The fraction of sp³-hybridized carbons (Fsp3) is 0.200. The first-order valence-electron chi connectivity index (χ1n) is 6.05. The molecule has 2 aromatic carbocycles. The van der Waals surface area contributed by atoms with Crippen LogP contribution in [0.15, 0.2) is 46.9 Å². The van der Waals surface area contributed by atoms with Crippen molar-refractivity contribution in [1.29, 1.82) is 0 Å². The van der Waals surface area contributed by atoms with E-state index in [-0.39, 0.29) is 6.61 Å². The summed E-state index contributed by atoms with van der Waals surface area (Å²) in [5.74, 6) is 0. The molecule has 0 fully saturated rings. The van der Waals surface area contributed by atoms with Crippen LogP contribution in [0, 0.1) is 0 Å². The molecule has 2 rings (SSSR count). The summed E-state index contributed by atoms with van der Waals surface area (Å²) in [5, 5.41) is 14.4. The Morgan fingerprint density at radius 1 is 1.15 bits per heavy atom. The van der Waals surface area contributed by atoms with Crippen molar-refractivity contribution in [3.8, 4) is 0 Å². The van der Waals surface area contributed by atoms with Gasteiger partial charge in [0.2, 0.25) is 0 Å². The van der Waals surface area contributed by atoms with E-state index in [4.69, 9.17) is 23.2 Å². The predicted molar refractivity (Wildman–Crippen MR) is 88.7 cm³/mol. The van der Waals surface area contributed by atoms with Crippen LogP contribution < -0.4 is 5.32 Å². The number of anilines is 1. The standard InChI is InChI=1S/C15H14BrCl2NO/c1-15(9-20,10-2-4-11(17)5-3-10)19-12-6-7-14(18)13(16)8-12/h2-8,19-20H,9H2,1H3. The predicted octanol–water partition coefficient (Wildman–Crippen LogP) is 5.08. The van der Waals surface area contributed by atoms with Crippen molar-refractivity contribution in [2.24, 2.45) is 0 Å². The van der Waals surface area contributed by atoms with Crippen molar-refractivity contribution in [2.45, 2.75) is 12.5 Å². The van der Waals surface area contributed by atoms with E-state index in [1.165, 1.54) is 0 Å². The van der Waals surface area contributed by atoms with E-state index in [0.29, 0.717) is 10.0 Å². The minimum Gasteiger partial charge on any atom is -0.394 e. The van der Waals surface area contributed by atoms with Gasteiger partial charge in [-0.3, -0.25) is 0 Å². The zero-order valence-corrected chi connectivity index (χ0v) is 13.9. The van der Waals surface area contributed by atoms with Crippen LogP contribution in [0.3, 0.4) is 0 Å². The van der Waals surface area contributed by atoms with Crippen LogP contribution in [0.2, 0.25) is 10.0 Å². The molecule has 0 aromatic heterocycles. The normalized spacial score (nSPS) is 13.8. The average molecular weight is 375 g/mol. The smallest absolute Gasteiger partial charge is 0.0828 e. The fourth-order valence-corrected chi connectivity index (χ4v) is 2.54. The summed E-state index contributed by atoms with van der Waals surface area (Å²) < 4.78 is 0.806. The van der Waals surface area contributed by atoms with Gasteiger partial charge in [0, 0.05) is 15.2 Å². The quantitative estimate of drug-likeness (QED) is 0.782. The van der Waals surface area contributed by atoms with Crippen molar-refractivity contribution in [1.82, 2.24) is 0 Å². The maximum atomic E-state index is 9.76. The minimum absolute atomic E-state index is 0.0467. The Morgan fingerprint density at radius 2 is 1.80 bits per heavy atom. The molecule has 2 N–H and O–H groups in total. The Morgan fingerprint density at radius 3 is 2.35 bits per heavy atom. The maximum Gasteiger partial charge on any atom is 0.0828 e. The summed E-state index contributed by atoms with van der Waals surface area (Å²) >= 11 is 15.3. The van der Waals surface area contributed by atoms with Crippen molar-refractivity contribution in [3.05, 3.63) is 62.5 Å². The molecule has 2 aromatic rings. The van der Waals surface area contributed by atoms with E-state index in [9.17, 15) is 5.11 Å². The molecule has 2 nitrogen and oxygen atoms in total. The first-order valence-corrected chi connectivity index (χ1v) is 7.60. The lowest BCUT2D eigenvalue weighted by molar-refractivity contribution is 0.224. The van der Waals surface area contributed by atoms with Crippen molar-refractivity contribution in [2.75, 3.05) is 11.9 Å². The SMILES string of the molecule is CC(CO)(Nc1ccc(Cl)c(Br)c1)c1ccc(Cl)cc1. The Balaban J connectivity index is 2.31. The molecule has 5 heteroatoms. The highest BCUT2D eigenvalue weighted by Crippen LogP contribution is 2.30. The van der Waals surface area contributed by atoms with Gasteiger partial charge >= 0.3 is 0 Å². The van der Waals surface area contributed by atoms with Crippen LogP contribution in [-0.2, 0) is 5.54 Å². The highest BCUT2D eigenvalue weighted by atomic mass is 79.9. The van der Waals surface area contributed by atoms with Gasteiger partial charge in [0.25, 0.3) is 0 Å². The third kappa shape index (κ3) is 3.47. The maximum absolute atomic E-state index is 9.76. The Kier molecular flexibility index (Phi) is 4.97. The molecule has 0 saturated carbocycles. The van der Waals surface area contributed by atoms with Gasteiger partial charge in [-0.05, 0) is 58.7 Å².